The van der Waals surface area contributed by atoms with Gasteiger partial charge in [0.1, 0.15) is 5.69 Å². The number of nitrogens with zero attached hydrogens (tertiary/aromatic N) is 5. The first kappa shape index (κ1) is 23.8. The molecule has 0 spiro atoms. The smallest absolute Gasteiger partial charge is 0.163 e. The molecule has 0 radical (unpaired) electrons. The molecule has 1 aliphatic heterocycles. The summed E-state index contributed by atoms with van der Waals surface area (Å²) in [5, 5.41) is 14.1. The number of Topliss-reactive ketones (excluding diaryl/α,β-unsaturated/α-hetero) is 1. The monoisotopic (exact) mass is 495 g/mol. The molecule has 1 saturated heterocycles. The van der Waals surface area contributed by atoms with Crippen molar-refractivity contribution in [2.75, 3.05) is 39.3 Å². The lowest BCUT2D eigenvalue weighted by atomic mass is 9.98. The van der Waals surface area contributed by atoms with E-state index >= 15 is 0 Å². The van der Waals surface area contributed by atoms with E-state index in [1.54, 1.807) is 12.4 Å². The molecule has 0 atom stereocenters. The van der Waals surface area contributed by atoms with Crippen LogP contribution in [0.1, 0.15) is 41.6 Å². The van der Waals surface area contributed by atoms with Crippen LogP contribution in [0.4, 0.5) is 0 Å². The summed E-state index contributed by atoms with van der Waals surface area (Å²) in [6.45, 7) is 5.44. The van der Waals surface area contributed by atoms with Crippen LogP contribution in [0.3, 0.4) is 0 Å². The second kappa shape index (κ2) is 10.4. The molecule has 0 unspecified atom stereocenters. The number of fused-ring (bicyclic) bond motifs is 1. The van der Waals surface area contributed by atoms with Gasteiger partial charge in [-0.25, -0.2) is 4.68 Å². The van der Waals surface area contributed by atoms with Gasteiger partial charge in [-0.15, -0.1) is 0 Å². The van der Waals surface area contributed by atoms with Gasteiger partial charge in [-0.05, 0) is 61.1 Å². The predicted molar refractivity (Wildman–Crippen MR) is 145 cm³/mol. The third-order valence-electron chi connectivity index (χ3n) is 7.82. The van der Waals surface area contributed by atoms with Gasteiger partial charge in [0.2, 0.25) is 0 Å². The number of aryl methyl sites for hydroxylation is 1. The molecular formula is C30H33N5O2. The number of pyridine rings is 1. The first-order valence-corrected chi connectivity index (χ1v) is 13.3. The lowest BCUT2D eigenvalue weighted by Gasteiger charge is -2.38. The highest BCUT2D eigenvalue weighted by molar-refractivity contribution is 6.01. The van der Waals surface area contributed by atoms with E-state index < -0.39 is 0 Å². The highest BCUT2D eigenvalue weighted by Gasteiger charge is 2.23. The van der Waals surface area contributed by atoms with Crippen LogP contribution in [0.2, 0.25) is 0 Å². The number of aliphatic hydroxyl groups is 1. The average Bonchev–Trinajstić information content (AvgIpc) is 3.57. The van der Waals surface area contributed by atoms with E-state index in [2.05, 4.69) is 45.3 Å². The van der Waals surface area contributed by atoms with Crippen LogP contribution in [0, 0.1) is 0 Å². The Balaban J connectivity index is 1.27. The number of hydrogen-bond donors (Lipinski definition) is 1. The minimum Gasteiger partial charge on any atom is -0.396 e. The number of benzene rings is 1. The molecule has 6 rings (SSSR count). The zero-order valence-electron chi connectivity index (χ0n) is 21.1. The highest BCUT2D eigenvalue weighted by atomic mass is 16.3. The van der Waals surface area contributed by atoms with E-state index in [1.165, 1.54) is 11.4 Å². The van der Waals surface area contributed by atoms with Gasteiger partial charge in [-0.2, -0.15) is 5.10 Å². The van der Waals surface area contributed by atoms with Crippen molar-refractivity contribution in [3.05, 3.63) is 77.9 Å². The van der Waals surface area contributed by atoms with E-state index in [-0.39, 0.29) is 12.4 Å². The number of aromatic nitrogens is 3. The van der Waals surface area contributed by atoms with E-state index in [0.29, 0.717) is 6.42 Å². The number of carbonyl (C=O) groups excluding carboxylic acids is 1. The van der Waals surface area contributed by atoms with Gasteiger partial charge in [0, 0.05) is 92.4 Å². The van der Waals surface area contributed by atoms with Crippen LogP contribution < -0.4 is 0 Å². The number of piperazine rings is 1. The molecule has 1 N–H and O–H groups in total. The van der Waals surface area contributed by atoms with E-state index in [0.717, 1.165) is 91.9 Å². The van der Waals surface area contributed by atoms with Crippen molar-refractivity contribution in [1.82, 2.24) is 24.6 Å². The Bertz CT molecular complexity index is 1350. The summed E-state index contributed by atoms with van der Waals surface area (Å²) in [5.74, 6) is 0.244. The molecule has 190 valence electrons. The fraction of sp³-hybridized carbons (Fsp3) is 0.367. The summed E-state index contributed by atoms with van der Waals surface area (Å²) in [6, 6.07) is 10.2. The van der Waals surface area contributed by atoms with Crippen molar-refractivity contribution in [2.45, 2.75) is 32.1 Å². The standard InChI is InChI=1S/C30H33N5O2/c36-19-1-14-33-15-17-34(18-16-33)25-4-6-26(7-5-25)35-21-28(30(32-35)22-10-12-31-13-11-22)24-2-8-27-23(20-24)3-9-29(27)37/h2,4,6,8,10-13,20-21,36H,1,3,5,7,9,14-19H2. The van der Waals surface area contributed by atoms with Crippen LogP contribution in [-0.2, 0) is 6.42 Å². The minimum absolute atomic E-state index is 0.244. The Morgan fingerprint density at radius 1 is 0.838 bits per heavy atom. The molecule has 7 nitrogen and oxygen atoms in total. The molecular weight excluding hydrogens is 462 g/mol. The third-order valence-corrected chi connectivity index (χ3v) is 7.82. The summed E-state index contributed by atoms with van der Waals surface area (Å²) in [4.78, 5) is 21.3. The van der Waals surface area contributed by atoms with Gasteiger partial charge in [0.05, 0.1) is 0 Å². The van der Waals surface area contributed by atoms with E-state index in [1.807, 2.05) is 22.9 Å². The van der Waals surface area contributed by atoms with Gasteiger partial charge in [-0.3, -0.25) is 14.7 Å². The maximum absolute atomic E-state index is 12.2. The number of allylic oxidation sites excluding steroid dienone is 4. The van der Waals surface area contributed by atoms with Crippen molar-refractivity contribution < 1.29 is 9.90 Å². The summed E-state index contributed by atoms with van der Waals surface area (Å²) in [6.07, 6.45) is 14.4. The molecule has 1 fully saturated rings. The molecule has 3 heterocycles. The number of ketones is 1. The van der Waals surface area contributed by atoms with Gasteiger partial charge >= 0.3 is 0 Å². The van der Waals surface area contributed by atoms with E-state index in [4.69, 9.17) is 10.2 Å². The third kappa shape index (κ3) is 4.89. The molecule has 3 aliphatic rings. The Hall–Kier alpha value is -3.55. The van der Waals surface area contributed by atoms with Crippen LogP contribution in [0.25, 0.3) is 28.1 Å². The Kier molecular flexibility index (Phi) is 6.72. The molecule has 7 heteroatoms. The average molecular weight is 496 g/mol. The number of aliphatic hydroxyl groups excluding tert-OH is 1. The SMILES string of the molecule is O=C1CCc2cc(-c3cn(C4=CC=C(N5CCN(CCCO)CC5)CC4)nc3-c3ccncc3)ccc21. The van der Waals surface area contributed by atoms with Crippen molar-refractivity contribution in [1.29, 1.82) is 0 Å². The largest absolute Gasteiger partial charge is 0.396 e. The van der Waals surface area contributed by atoms with Crippen molar-refractivity contribution >= 4 is 11.5 Å². The predicted octanol–water partition coefficient (Wildman–Crippen LogP) is 4.26. The summed E-state index contributed by atoms with van der Waals surface area (Å²) < 4.78 is 2.03. The van der Waals surface area contributed by atoms with Crippen LogP contribution >= 0.6 is 0 Å². The molecule has 37 heavy (non-hydrogen) atoms. The van der Waals surface area contributed by atoms with Gasteiger partial charge in [-0.1, -0.05) is 18.2 Å². The number of hydrogen-bond acceptors (Lipinski definition) is 6. The quantitative estimate of drug-likeness (QED) is 0.528. The zero-order chi connectivity index (χ0) is 25.2. The summed E-state index contributed by atoms with van der Waals surface area (Å²) in [7, 11) is 0. The van der Waals surface area contributed by atoms with Crippen molar-refractivity contribution in [2.24, 2.45) is 0 Å². The maximum atomic E-state index is 12.2. The van der Waals surface area contributed by atoms with Gasteiger partial charge in [0.15, 0.2) is 5.78 Å². The van der Waals surface area contributed by atoms with Crippen LogP contribution in [0.15, 0.2) is 66.8 Å². The summed E-state index contributed by atoms with van der Waals surface area (Å²) in [5.41, 5.74) is 8.72. The maximum Gasteiger partial charge on any atom is 0.163 e. The van der Waals surface area contributed by atoms with Gasteiger partial charge < -0.3 is 10.0 Å². The normalized spacial score (nSPS) is 18.1. The fourth-order valence-corrected chi connectivity index (χ4v) is 5.70. The second-order valence-corrected chi connectivity index (χ2v) is 10.1. The Labute approximate surface area is 217 Å². The first-order chi connectivity index (χ1) is 18.2. The molecule has 0 saturated carbocycles. The van der Waals surface area contributed by atoms with Crippen molar-refractivity contribution in [3.63, 3.8) is 0 Å². The molecule has 3 aromatic rings. The Morgan fingerprint density at radius 3 is 2.38 bits per heavy atom. The lowest BCUT2D eigenvalue weighted by molar-refractivity contribution is 0.0994. The molecule has 0 bridgehead atoms. The second-order valence-electron chi connectivity index (χ2n) is 10.1. The van der Waals surface area contributed by atoms with E-state index in [9.17, 15) is 4.79 Å². The summed E-state index contributed by atoms with van der Waals surface area (Å²) >= 11 is 0. The van der Waals surface area contributed by atoms with Crippen molar-refractivity contribution in [3.8, 4) is 22.4 Å². The highest BCUT2D eigenvalue weighted by Crippen LogP contribution is 2.36. The Morgan fingerprint density at radius 2 is 1.62 bits per heavy atom. The van der Waals surface area contributed by atoms with Crippen LogP contribution in [-0.4, -0.2) is 74.8 Å². The first-order valence-electron chi connectivity index (χ1n) is 13.3. The van der Waals surface area contributed by atoms with Gasteiger partial charge in [0.25, 0.3) is 0 Å². The zero-order valence-corrected chi connectivity index (χ0v) is 21.1. The number of rotatable bonds is 7. The lowest BCUT2D eigenvalue weighted by Crippen LogP contribution is -2.46. The topological polar surface area (TPSA) is 74.5 Å². The molecule has 2 aliphatic carbocycles. The fourth-order valence-electron chi connectivity index (χ4n) is 5.70. The number of carbonyl (C=O) groups is 1. The molecule has 2 aromatic heterocycles. The van der Waals surface area contributed by atoms with Crippen LogP contribution in [0.5, 0.6) is 0 Å². The molecule has 1 aromatic carbocycles. The molecule has 0 amide bonds. The minimum atomic E-state index is 0.244.